The Morgan fingerprint density at radius 2 is 1.75 bits per heavy atom. The lowest BCUT2D eigenvalue weighted by Crippen LogP contribution is -2.49. The van der Waals surface area contributed by atoms with Gasteiger partial charge >= 0.3 is 12.0 Å². The Morgan fingerprint density at radius 1 is 1.08 bits per heavy atom. The van der Waals surface area contributed by atoms with Gasteiger partial charge in [-0.3, -0.25) is 4.90 Å². The number of piperazine rings is 1. The number of halogens is 1. The zero-order chi connectivity index (χ0) is 17.1. The predicted octanol–water partition coefficient (Wildman–Crippen LogP) is 2.02. The van der Waals surface area contributed by atoms with Crippen molar-refractivity contribution in [2.24, 2.45) is 0 Å². The van der Waals surface area contributed by atoms with E-state index >= 15 is 0 Å². The number of carboxylic acids is 1. The molecule has 2 heterocycles. The van der Waals surface area contributed by atoms with Gasteiger partial charge in [-0.15, -0.1) is 0 Å². The summed E-state index contributed by atoms with van der Waals surface area (Å²) in [5.41, 5.74) is 1.04. The highest BCUT2D eigenvalue weighted by Crippen LogP contribution is 2.13. The lowest BCUT2D eigenvalue weighted by atomic mass is 10.2. The second-order valence-electron chi connectivity index (χ2n) is 5.62. The van der Waals surface area contributed by atoms with E-state index in [4.69, 9.17) is 16.7 Å². The predicted molar refractivity (Wildman–Crippen MR) is 88.3 cm³/mol. The molecule has 0 bridgehead atoms. The Morgan fingerprint density at radius 3 is 2.33 bits per heavy atom. The van der Waals surface area contributed by atoms with Crippen molar-refractivity contribution in [1.29, 1.82) is 0 Å². The largest absolute Gasteiger partial charge is 0.476 e. The van der Waals surface area contributed by atoms with Gasteiger partial charge in [-0.1, -0.05) is 23.7 Å². The quantitative estimate of drug-likeness (QED) is 0.918. The molecule has 1 amide bonds. The van der Waals surface area contributed by atoms with Gasteiger partial charge in [-0.25, -0.2) is 9.59 Å². The summed E-state index contributed by atoms with van der Waals surface area (Å²) < 4.78 is 1.08. The van der Waals surface area contributed by atoms with E-state index in [1.54, 1.807) is 4.90 Å². The molecule has 1 aliphatic rings. The summed E-state index contributed by atoms with van der Waals surface area (Å²) >= 11 is 5.89. The fourth-order valence-corrected chi connectivity index (χ4v) is 2.76. The van der Waals surface area contributed by atoms with Crippen molar-refractivity contribution in [2.75, 3.05) is 26.2 Å². The van der Waals surface area contributed by atoms with Crippen LogP contribution in [0.15, 0.2) is 36.5 Å². The van der Waals surface area contributed by atoms with Gasteiger partial charge < -0.3 is 10.0 Å². The number of carbonyl (C=O) groups excluding carboxylic acids is 1. The number of aromatic carboxylic acids is 1. The molecule has 8 heteroatoms. The molecule has 0 atom stereocenters. The highest BCUT2D eigenvalue weighted by Gasteiger charge is 2.23. The summed E-state index contributed by atoms with van der Waals surface area (Å²) in [5, 5.41) is 13.4. The number of aromatic nitrogens is 2. The van der Waals surface area contributed by atoms with Crippen LogP contribution in [0.1, 0.15) is 16.1 Å². The molecular formula is C16H17ClN4O3. The van der Waals surface area contributed by atoms with Crippen LogP contribution < -0.4 is 0 Å². The maximum atomic E-state index is 12.3. The van der Waals surface area contributed by atoms with Gasteiger partial charge in [0.05, 0.1) is 0 Å². The van der Waals surface area contributed by atoms with Crippen LogP contribution in [-0.2, 0) is 6.54 Å². The number of rotatable bonds is 3. The number of carbonyl (C=O) groups is 2. The fraction of sp³-hybridized carbons (Fsp3) is 0.312. The smallest absolute Gasteiger partial charge is 0.356 e. The molecule has 0 aliphatic carbocycles. The fourth-order valence-electron chi connectivity index (χ4n) is 2.63. The van der Waals surface area contributed by atoms with Gasteiger partial charge in [0.2, 0.25) is 0 Å². The number of benzene rings is 1. The zero-order valence-corrected chi connectivity index (χ0v) is 13.7. The van der Waals surface area contributed by atoms with E-state index in [0.717, 1.165) is 24.3 Å². The molecule has 1 aromatic heterocycles. The molecule has 1 fully saturated rings. The molecular weight excluding hydrogens is 332 g/mol. The van der Waals surface area contributed by atoms with Crippen molar-refractivity contribution in [3.05, 3.63) is 52.8 Å². The minimum Gasteiger partial charge on any atom is -0.476 e. The summed E-state index contributed by atoms with van der Waals surface area (Å²) in [6.07, 6.45) is 1.38. The summed E-state index contributed by atoms with van der Waals surface area (Å²) in [5.74, 6) is -1.14. The molecule has 0 radical (unpaired) electrons. The number of hydrogen-bond donors (Lipinski definition) is 1. The van der Waals surface area contributed by atoms with Crippen LogP contribution in [0.25, 0.3) is 0 Å². The summed E-state index contributed by atoms with van der Waals surface area (Å²) in [6.45, 7) is 3.47. The van der Waals surface area contributed by atoms with Crippen LogP contribution >= 0.6 is 11.6 Å². The number of amides is 1. The van der Waals surface area contributed by atoms with Crippen molar-refractivity contribution in [3.8, 4) is 0 Å². The SMILES string of the molecule is O=C(O)c1ccn(C(=O)N2CCN(Cc3ccc(Cl)cc3)CC2)n1. The molecule has 0 spiro atoms. The molecule has 1 aromatic carbocycles. The van der Waals surface area contributed by atoms with Gasteiger partial charge in [0.25, 0.3) is 0 Å². The van der Waals surface area contributed by atoms with Crippen LogP contribution in [0.2, 0.25) is 5.02 Å². The Bertz CT molecular complexity index is 736. The molecule has 0 saturated carbocycles. The summed E-state index contributed by atoms with van der Waals surface area (Å²) in [6, 6.07) is 8.75. The molecule has 24 heavy (non-hydrogen) atoms. The highest BCUT2D eigenvalue weighted by atomic mass is 35.5. The molecule has 1 saturated heterocycles. The van der Waals surface area contributed by atoms with Crippen LogP contribution in [0.3, 0.4) is 0 Å². The van der Waals surface area contributed by atoms with Crippen LogP contribution in [-0.4, -0.2) is 62.9 Å². The Balaban J connectivity index is 1.55. The van der Waals surface area contributed by atoms with Crippen molar-refractivity contribution in [3.63, 3.8) is 0 Å². The first-order chi connectivity index (χ1) is 11.5. The number of carboxylic acid groups (broad SMARTS) is 1. The standard InChI is InChI=1S/C16H17ClN4O3/c17-13-3-1-12(2-4-13)11-19-7-9-20(10-8-19)16(24)21-6-5-14(18-21)15(22)23/h1-6H,7-11H2,(H,22,23). The third kappa shape index (κ3) is 3.74. The average molecular weight is 349 g/mol. The van der Waals surface area contributed by atoms with Gasteiger partial charge in [-0.2, -0.15) is 9.78 Å². The maximum Gasteiger partial charge on any atom is 0.356 e. The first kappa shape index (κ1) is 16.5. The van der Waals surface area contributed by atoms with E-state index in [1.807, 2.05) is 24.3 Å². The molecule has 1 N–H and O–H groups in total. The van der Waals surface area contributed by atoms with Gasteiger partial charge in [0.1, 0.15) is 0 Å². The van der Waals surface area contributed by atoms with Crippen LogP contribution in [0, 0.1) is 0 Å². The third-order valence-corrected chi connectivity index (χ3v) is 4.22. The van der Waals surface area contributed by atoms with Crippen molar-refractivity contribution < 1.29 is 14.7 Å². The van der Waals surface area contributed by atoms with Crippen LogP contribution in [0.4, 0.5) is 4.79 Å². The molecule has 1 aliphatic heterocycles. The maximum absolute atomic E-state index is 12.3. The lowest BCUT2D eigenvalue weighted by Gasteiger charge is -2.34. The molecule has 126 valence electrons. The second-order valence-corrected chi connectivity index (χ2v) is 6.06. The monoisotopic (exact) mass is 348 g/mol. The van der Waals surface area contributed by atoms with Crippen molar-refractivity contribution >= 4 is 23.6 Å². The van der Waals surface area contributed by atoms with E-state index in [1.165, 1.54) is 17.8 Å². The third-order valence-electron chi connectivity index (χ3n) is 3.97. The van der Waals surface area contributed by atoms with E-state index in [9.17, 15) is 9.59 Å². The minimum atomic E-state index is -1.14. The summed E-state index contributed by atoms with van der Waals surface area (Å²) in [4.78, 5) is 27.1. The lowest BCUT2D eigenvalue weighted by molar-refractivity contribution is 0.0689. The molecule has 2 aromatic rings. The number of nitrogens with zero attached hydrogens (tertiary/aromatic N) is 4. The Kier molecular flexibility index (Phi) is 4.82. The van der Waals surface area contributed by atoms with Crippen molar-refractivity contribution in [1.82, 2.24) is 19.6 Å². The number of hydrogen-bond acceptors (Lipinski definition) is 4. The minimum absolute atomic E-state index is 0.135. The topological polar surface area (TPSA) is 78.7 Å². The molecule has 0 unspecified atom stereocenters. The van der Waals surface area contributed by atoms with E-state index in [2.05, 4.69) is 10.00 Å². The average Bonchev–Trinajstić information content (AvgIpc) is 3.07. The summed E-state index contributed by atoms with van der Waals surface area (Å²) in [7, 11) is 0. The van der Waals surface area contributed by atoms with Crippen molar-refractivity contribution in [2.45, 2.75) is 6.54 Å². The van der Waals surface area contributed by atoms with Gasteiger partial charge in [-0.05, 0) is 23.8 Å². The normalized spacial score (nSPS) is 15.5. The van der Waals surface area contributed by atoms with E-state index < -0.39 is 5.97 Å². The van der Waals surface area contributed by atoms with Crippen LogP contribution in [0.5, 0.6) is 0 Å². The molecule has 7 nitrogen and oxygen atoms in total. The Labute approximate surface area is 144 Å². The van der Waals surface area contributed by atoms with E-state index in [-0.39, 0.29) is 11.7 Å². The zero-order valence-electron chi connectivity index (χ0n) is 12.9. The van der Waals surface area contributed by atoms with Gasteiger partial charge in [0, 0.05) is 43.9 Å². The first-order valence-electron chi connectivity index (χ1n) is 7.58. The highest BCUT2D eigenvalue weighted by molar-refractivity contribution is 6.30. The first-order valence-corrected chi connectivity index (χ1v) is 7.96. The molecule has 3 rings (SSSR count). The second kappa shape index (κ2) is 7.02. The Hall–Kier alpha value is -2.38. The van der Waals surface area contributed by atoms with E-state index in [0.29, 0.717) is 18.1 Å². The van der Waals surface area contributed by atoms with Gasteiger partial charge in [0.15, 0.2) is 5.69 Å².